The fourth-order valence-electron chi connectivity index (χ4n) is 4.60. The van der Waals surface area contributed by atoms with Gasteiger partial charge in [-0.25, -0.2) is 13.1 Å². The van der Waals surface area contributed by atoms with Crippen LogP contribution in [0.3, 0.4) is 0 Å². The molecule has 2 N–H and O–H groups in total. The summed E-state index contributed by atoms with van der Waals surface area (Å²) >= 11 is 6.19. The molecule has 0 unspecified atom stereocenters. The Hall–Kier alpha value is -2.42. The van der Waals surface area contributed by atoms with E-state index in [0.717, 1.165) is 19.3 Å². The normalized spacial score (nSPS) is 11.4. The van der Waals surface area contributed by atoms with Crippen molar-refractivity contribution >= 4 is 39.0 Å². The van der Waals surface area contributed by atoms with Gasteiger partial charge >= 0.3 is 0 Å². The third kappa shape index (κ3) is 13.9. The predicted molar refractivity (Wildman–Crippen MR) is 168 cm³/mol. The number of anilines is 1. The smallest absolute Gasteiger partial charge is 0.240 e. The van der Waals surface area contributed by atoms with E-state index >= 15 is 0 Å². The first-order valence-electron chi connectivity index (χ1n) is 15.0. The van der Waals surface area contributed by atoms with Gasteiger partial charge in [-0.3, -0.25) is 9.59 Å². The van der Waals surface area contributed by atoms with E-state index in [2.05, 4.69) is 17.0 Å². The molecule has 0 saturated heterocycles. The van der Waals surface area contributed by atoms with Crippen molar-refractivity contribution in [3.05, 3.63) is 53.1 Å². The number of halogens is 1. The molecule has 228 valence electrons. The Labute approximate surface area is 251 Å². The van der Waals surface area contributed by atoms with Crippen LogP contribution < -0.4 is 14.8 Å². The maximum Gasteiger partial charge on any atom is 0.240 e. The van der Waals surface area contributed by atoms with Gasteiger partial charge in [0.15, 0.2) is 5.78 Å². The van der Waals surface area contributed by atoms with Crippen LogP contribution in [-0.2, 0) is 14.8 Å². The molecule has 0 radical (unpaired) electrons. The lowest BCUT2D eigenvalue weighted by molar-refractivity contribution is -0.115. The van der Waals surface area contributed by atoms with Gasteiger partial charge in [0.1, 0.15) is 5.75 Å². The first kappa shape index (κ1) is 34.8. The third-order valence-corrected chi connectivity index (χ3v) is 8.87. The average Bonchev–Trinajstić information content (AvgIpc) is 2.96. The van der Waals surface area contributed by atoms with Crippen molar-refractivity contribution < 1.29 is 22.7 Å². The number of ketones is 1. The molecule has 2 aromatic carbocycles. The van der Waals surface area contributed by atoms with Gasteiger partial charge in [-0.2, -0.15) is 0 Å². The van der Waals surface area contributed by atoms with Gasteiger partial charge in [0.2, 0.25) is 15.9 Å². The summed E-state index contributed by atoms with van der Waals surface area (Å²) in [5.41, 5.74) is 0.509. The van der Waals surface area contributed by atoms with Gasteiger partial charge in [-0.05, 0) is 48.9 Å². The number of nitrogens with one attached hydrogen (secondary N) is 2. The molecule has 2 aromatic rings. The molecular formula is C32H47ClN2O5S. The summed E-state index contributed by atoms with van der Waals surface area (Å²) in [6, 6.07) is 10.6. The fourth-order valence-corrected chi connectivity index (χ4v) is 5.86. The lowest BCUT2D eigenvalue weighted by Gasteiger charge is -2.11. The van der Waals surface area contributed by atoms with Crippen LogP contribution in [0.5, 0.6) is 5.75 Å². The highest BCUT2D eigenvalue weighted by Gasteiger charge is 2.18. The van der Waals surface area contributed by atoms with Crippen LogP contribution in [0.25, 0.3) is 0 Å². The van der Waals surface area contributed by atoms with Crippen LogP contribution in [0.2, 0.25) is 5.02 Å². The quantitative estimate of drug-likeness (QED) is 0.0797. The highest BCUT2D eigenvalue weighted by Crippen LogP contribution is 2.26. The number of amides is 1. The van der Waals surface area contributed by atoms with Crippen molar-refractivity contribution in [3.8, 4) is 5.75 Å². The summed E-state index contributed by atoms with van der Waals surface area (Å²) in [6.45, 7) is 2.60. The van der Waals surface area contributed by atoms with Crippen molar-refractivity contribution in [2.24, 2.45) is 0 Å². The number of carbonyl (C=O) groups is 2. The van der Waals surface area contributed by atoms with Gasteiger partial charge in [-0.1, -0.05) is 102 Å². The summed E-state index contributed by atoms with van der Waals surface area (Å²) < 4.78 is 33.3. The molecular weight excluding hydrogens is 560 g/mol. The summed E-state index contributed by atoms with van der Waals surface area (Å²) in [7, 11) is -2.24. The second-order valence-electron chi connectivity index (χ2n) is 10.5. The van der Waals surface area contributed by atoms with Gasteiger partial charge in [0.05, 0.1) is 29.1 Å². The largest absolute Gasteiger partial charge is 0.497 e. The highest BCUT2D eigenvalue weighted by molar-refractivity contribution is 7.89. The van der Waals surface area contributed by atoms with E-state index in [1.54, 1.807) is 24.3 Å². The minimum absolute atomic E-state index is 0.00374. The Kier molecular flexibility index (Phi) is 16.7. The van der Waals surface area contributed by atoms with E-state index < -0.39 is 22.4 Å². The standard InChI is InChI=1S/C32H47ClN2O5S/c1-3-4-5-6-7-8-9-10-11-12-13-14-15-16-23-34-41(38,39)28-21-22-29(33)30(24-28)35-32(37)25-31(36)26-17-19-27(40-2)20-18-26/h17-22,24,34H,3-16,23,25H2,1-2H3,(H,35,37). The molecule has 2 rings (SSSR count). The van der Waals surface area contributed by atoms with E-state index in [4.69, 9.17) is 16.3 Å². The highest BCUT2D eigenvalue weighted by atomic mass is 35.5. The van der Waals surface area contributed by atoms with E-state index in [1.165, 1.54) is 95.9 Å². The molecule has 41 heavy (non-hydrogen) atoms. The monoisotopic (exact) mass is 606 g/mol. The third-order valence-electron chi connectivity index (χ3n) is 7.08. The van der Waals surface area contributed by atoms with E-state index in [1.807, 2.05) is 0 Å². The number of unbranched alkanes of at least 4 members (excludes halogenated alkanes) is 13. The van der Waals surface area contributed by atoms with Crippen molar-refractivity contribution in [2.75, 3.05) is 19.0 Å². The molecule has 0 aliphatic rings. The number of ether oxygens (including phenoxy) is 1. The molecule has 0 fully saturated rings. The summed E-state index contributed by atoms with van der Waals surface area (Å²) in [5.74, 6) is -0.355. The zero-order valence-electron chi connectivity index (χ0n) is 24.7. The lowest BCUT2D eigenvalue weighted by Crippen LogP contribution is -2.25. The minimum Gasteiger partial charge on any atom is -0.497 e. The van der Waals surface area contributed by atoms with Crippen molar-refractivity contribution in [2.45, 2.75) is 108 Å². The summed E-state index contributed by atoms with van der Waals surface area (Å²) in [4.78, 5) is 24.9. The maximum absolute atomic E-state index is 12.8. The van der Waals surface area contributed by atoms with Crippen LogP contribution >= 0.6 is 11.6 Å². The number of rotatable bonds is 22. The molecule has 1 amide bonds. The molecule has 0 bridgehead atoms. The SMILES string of the molecule is CCCCCCCCCCCCCCCCNS(=O)(=O)c1ccc(Cl)c(NC(=O)CC(=O)c2ccc(OC)cc2)c1. The number of methoxy groups -OCH3 is 1. The van der Waals surface area contributed by atoms with E-state index in [0.29, 0.717) is 17.9 Å². The number of hydrogen-bond donors (Lipinski definition) is 2. The maximum atomic E-state index is 12.8. The van der Waals surface area contributed by atoms with Gasteiger partial charge in [0, 0.05) is 12.1 Å². The Morgan fingerprint density at radius 1 is 0.780 bits per heavy atom. The van der Waals surface area contributed by atoms with Gasteiger partial charge in [-0.15, -0.1) is 0 Å². The van der Waals surface area contributed by atoms with Crippen LogP contribution in [-0.4, -0.2) is 33.8 Å². The molecule has 0 heterocycles. The molecule has 7 nitrogen and oxygen atoms in total. The van der Waals surface area contributed by atoms with Crippen molar-refractivity contribution in [1.29, 1.82) is 0 Å². The molecule has 0 aromatic heterocycles. The van der Waals surface area contributed by atoms with E-state index in [9.17, 15) is 18.0 Å². The second-order valence-corrected chi connectivity index (χ2v) is 12.7. The summed E-state index contributed by atoms with van der Waals surface area (Å²) in [5, 5.41) is 2.74. The zero-order valence-corrected chi connectivity index (χ0v) is 26.3. The first-order chi connectivity index (χ1) is 19.8. The fraction of sp³-hybridized carbons (Fsp3) is 0.562. The zero-order chi connectivity index (χ0) is 29.9. The minimum atomic E-state index is -3.76. The van der Waals surface area contributed by atoms with Crippen LogP contribution in [0, 0.1) is 0 Å². The van der Waals surface area contributed by atoms with Crippen LogP contribution in [0.1, 0.15) is 114 Å². The molecule has 9 heteroatoms. The number of hydrogen-bond acceptors (Lipinski definition) is 5. The summed E-state index contributed by atoms with van der Waals surface area (Å²) in [6.07, 6.45) is 16.9. The number of carbonyl (C=O) groups excluding carboxylic acids is 2. The predicted octanol–water partition coefficient (Wildman–Crippen LogP) is 8.32. The molecule has 0 atom stereocenters. The van der Waals surface area contributed by atoms with Crippen LogP contribution in [0.15, 0.2) is 47.4 Å². The van der Waals surface area contributed by atoms with Crippen molar-refractivity contribution in [3.63, 3.8) is 0 Å². The molecule has 0 saturated carbocycles. The number of Topliss-reactive ketones (excluding diaryl/α,β-unsaturated/α-hetero) is 1. The number of benzene rings is 2. The van der Waals surface area contributed by atoms with Crippen LogP contribution in [0.4, 0.5) is 5.69 Å². The molecule has 0 aliphatic heterocycles. The van der Waals surface area contributed by atoms with Gasteiger partial charge in [0.25, 0.3) is 0 Å². The lowest BCUT2D eigenvalue weighted by atomic mass is 10.0. The second kappa shape index (κ2) is 19.7. The van der Waals surface area contributed by atoms with Crippen molar-refractivity contribution in [1.82, 2.24) is 4.72 Å². The molecule has 0 spiro atoms. The van der Waals surface area contributed by atoms with Gasteiger partial charge < -0.3 is 10.1 Å². The first-order valence-corrected chi connectivity index (χ1v) is 16.9. The Morgan fingerprint density at radius 3 is 1.85 bits per heavy atom. The molecule has 0 aliphatic carbocycles. The average molecular weight is 607 g/mol. The topological polar surface area (TPSA) is 102 Å². The van der Waals surface area contributed by atoms with E-state index in [-0.39, 0.29) is 21.4 Å². The Balaban J connectivity index is 1.67. The Bertz CT molecular complexity index is 1170. The Morgan fingerprint density at radius 2 is 1.32 bits per heavy atom. The number of sulfonamides is 1.